The maximum atomic E-state index is 12.7. The molecule has 0 aliphatic heterocycles. The van der Waals surface area contributed by atoms with Crippen LogP contribution in [0, 0.1) is 5.92 Å². The molecule has 8 nitrogen and oxygen atoms in total. The number of carbonyl (C=O) groups excluding carboxylic acids is 2. The van der Waals surface area contributed by atoms with Gasteiger partial charge in [-0.1, -0.05) is 18.2 Å². The fourth-order valence-corrected chi connectivity index (χ4v) is 4.26. The van der Waals surface area contributed by atoms with Crippen molar-refractivity contribution < 1.29 is 22.7 Å². The number of sulfonamides is 1. The van der Waals surface area contributed by atoms with E-state index < -0.39 is 15.9 Å². The van der Waals surface area contributed by atoms with E-state index in [4.69, 9.17) is 4.74 Å². The molecule has 9 heteroatoms. The van der Waals surface area contributed by atoms with Crippen LogP contribution in [0.25, 0.3) is 0 Å². The molecule has 0 heterocycles. The summed E-state index contributed by atoms with van der Waals surface area (Å²) in [5.74, 6) is 0.0578. The predicted molar refractivity (Wildman–Crippen MR) is 126 cm³/mol. The Morgan fingerprint density at radius 2 is 1.55 bits per heavy atom. The number of rotatable bonds is 8. The van der Waals surface area contributed by atoms with Gasteiger partial charge in [0.1, 0.15) is 5.75 Å². The minimum atomic E-state index is -3.87. The zero-order chi connectivity index (χ0) is 23.4. The van der Waals surface area contributed by atoms with Gasteiger partial charge in [-0.2, -0.15) is 0 Å². The number of hydrogen-bond donors (Lipinski definition) is 3. The van der Waals surface area contributed by atoms with Gasteiger partial charge in [-0.15, -0.1) is 0 Å². The molecule has 2 amide bonds. The van der Waals surface area contributed by atoms with Crippen LogP contribution in [-0.2, 0) is 14.8 Å². The lowest BCUT2D eigenvalue weighted by atomic mass is 10.2. The van der Waals surface area contributed by atoms with Gasteiger partial charge in [-0.05, 0) is 67.4 Å². The highest BCUT2D eigenvalue weighted by atomic mass is 32.2. The maximum absolute atomic E-state index is 12.7. The van der Waals surface area contributed by atoms with E-state index >= 15 is 0 Å². The SMILES string of the molecule is COc1ccccc1NS(=O)(=O)c1ccc(C(=O)Nc2cccc(NC(=O)C3CC3)c2)cc1. The lowest BCUT2D eigenvalue weighted by Gasteiger charge is -2.12. The first kappa shape index (κ1) is 22.3. The van der Waals surface area contributed by atoms with E-state index in [0.29, 0.717) is 28.4 Å². The summed E-state index contributed by atoms with van der Waals surface area (Å²) in [6, 6.07) is 19.1. The number of methoxy groups -OCH3 is 1. The number of amides is 2. The molecule has 0 bridgehead atoms. The molecule has 1 aliphatic carbocycles. The van der Waals surface area contributed by atoms with Crippen molar-refractivity contribution in [2.75, 3.05) is 22.5 Å². The van der Waals surface area contributed by atoms with E-state index in [1.165, 1.54) is 31.4 Å². The van der Waals surface area contributed by atoms with E-state index in [-0.39, 0.29) is 16.7 Å². The number of carbonyl (C=O) groups is 2. The molecule has 1 fully saturated rings. The van der Waals surface area contributed by atoms with Crippen LogP contribution in [0.5, 0.6) is 5.75 Å². The van der Waals surface area contributed by atoms with E-state index in [1.807, 2.05) is 0 Å². The molecule has 0 radical (unpaired) electrons. The summed E-state index contributed by atoms with van der Waals surface area (Å²) >= 11 is 0. The second-order valence-electron chi connectivity index (χ2n) is 7.63. The third kappa shape index (κ3) is 5.50. The van der Waals surface area contributed by atoms with Crippen molar-refractivity contribution in [2.45, 2.75) is 17.7 Å². The molecule has 4 rings (SSSR count). The van der Waals surface area contributed by atoms with Gasteiger partial charge in [0.05, 0.1) is 17.7 Å². The smallest absolute Gasteiger partial charge is 0.262 e. The monoisotopic (exact) mass is 465 g/mol. The van der Waals surface area contributed by atoms with E-state index in [0.717, 1.165) is 12.8 Å². The molecule has 1 saturated carbocycles. The number of nitrogens with one attached hydrogen (secondary N) is 3. The summed E-state index contributed by atoms with van der Waals surface area (Å²) in [5, 5.41) is 5.59. The fourth-order valence-electron chi connectivity index (χ4n) is 3.19. The molecule has 0 atom stereocenters. The molecule has 1 aliphatic rings. The lowest BCUT2D eigenvalue weighted by Crippen LogP contribution is -2.16. The highest BCUT2D eigenvalue weighted by Crippen LogP contribution is 2.30. The molecule has 3 aromatic carbocycles. The topological polar surface area (TPSA) is 114 Å². The molecular weight excluding hydrogens is 442 g/mol. The zero-order valence-corrected chi connectivity index (χ0v) is 18.7. The Hall–Kier alpha value is -3.85. The van der Waals surface area contributed by atoms with Gasteiger partial charge >= 0.3 is 0 Å². The molecule has 33 heavy (non-hydrogen) atoms. The average molecular weight is 466 g/mol. The quantitative estimate of drug-likeness (QED) is 0.464. The fraction of sp³-hybridized carbons (Fsp3) is 0.167. The molecule has 0 unspecified atom stereocenters. The van der Waals surface area contributed by atoms with Crippen LogP contribution in [0.15, 0.2) is 77.7 Å². The van der Waals surface area contributed by atoms with Gasteiger partial charge in [0.15, 0.2) is 0 Å². The van der Waals surface area contributed by atoms with Crippen LogP contribution < -0.4 is 20.1 Å². The van der Waals surface area contributed by atoms with Crippen molar-refractivity contribution in [1.29, 1.82) is 0 Å². The minimum Gasteiger partial charge on any atom is -0.495 e. The Bertz CT molecular complexity index is 1290. The second kappa shape index (κ2) is 9.33. The van der Waals surface area contributed by atoms with Crippen molar-refractivity contribution in [2.24, 2.45) is 5.92 Å². The maximum Gasteiger partial charge on any atom is 0.262 e. The molecular formula is C24H23N3O5S. The molecule has 0 aromatic heterocycles. The van der Waals surface area contributed by atoms with Crippen molar-refractivity contribution in [3.8, 4) is 5.75 Å². The first-order chi connectivity index (χ1) is 15.9. The third-order valence-electron chi connectivity index (χ3n) is 5.11. The summed E-state index contributed by atoms with van der Waals surface area (Å²) in [6.45, 7) is 0. The summed E-state index contributed by atoms with van der Waals surface area (Å²) < 4.78 is 33.1. The average Bonchev–Trinajstić information content (AvgIpc) is 3.65. The first-order valence-electron chi connectivity index (χ1n) is 10.3. The van der Waals surface area contributed by atoms with Gasteiger partial charge in [-0.3, -0.25) is 14.3 Å². The van der Waals surface area contributed by atoms with Gasteiger partial charge in [0, 0.05) is 22.9 Å². The zero-order valence-electron chi connectivity index (χ0n) is 17.9. The van der Waals surface area contributed by atoms with Gasteiger partial charge in [0.25, 0.3) is 15.9 Å². The third-order valence-corrected chi connectivity index (χ3v) is 6.50. The van der Waals surface area contributed by atoms with E-state index in [1.54, 1.807) is 48.5 Å². The predicted octanol–water partition coefficient (Wildman–Crippen LogP) is 4.10. The number of para-hydroxylation sites is 2. The summed E-state index contributed by atoms with van der Waals surface area (Å²) in [5.41, 5.74) is 1.73. The highest BCUT2D eigenvalue weighted by molar-refractivity contribution is 7.92. The summed E-state index contributed by atoms with van der Waals surface area (Å²) in [6.07, 6.45) is 1.81. The lowest BCUT2D eigenvalue weighted by molar-refractivity contribution is -0.117. The van der Waals surface area contributed by atoms with E-state index in [2.05, 4.69) is 15.4 Å². The van der Waals surface area contributed by atoms with Crippen molar-refractivity contribution in [3.63, 3.8) is 0 Å². The van der Waals surface area contributed by atoms with Crippen LogP contribution in [0.3, 0.4) is 0 Å². The van der Waals surface area contributed by atoms with Crippen LogP contribution in [0.4, 0.5) is 17.1 Å². The number of hydrogen-bond acceptors (Lipinski definition) is 5. The van der Waals surface area contributed by atoms with E-state index in [9.17, 15) is 18.0 Å². The minimum absolute atomic E-state index is 0.00902. The summed E-state index contributed by atoms with van der Waals surface area (Å²) in [7, 11) is -2.41. The number of anilines is 3. The summed E-state index contributed by atoms with van der Waals surface area (Å²) in [4.78, 5) is 24.6. The molecule has 3 aromatic rings. The largest absolute Gasteiger partial charge is 0.495 e. The Kier molecular flexibility index (Phi) is 6.32. The van der Waals surface area contributed by atoms with Crippen molar-refractivity contribution >= 4 is 38.9 Å². The normalized spacial score (nSPS) is 13.1. The first-order valence-corrected chi connectivity index (χ1v) is 11.8. The molecule has 170 valence electrons. The van der Waals surface area contributed by atoms with Crippen molar-refractivity contribution in [1.82, 2.24) is 0 Å². The standard InChI is InChI=1S/C24H23N3O5S/c1-32-22-8-3-2-7-21(22)27-33(30,31)20-13-11-17(12-14-20)24(29)26-19-6-4-5-18(15-19)25-23(28)16-9-10-16/h2-8,11-16,27H,9-10H2,1H3,(H,25,28)(H,26,29). The van der Waals surface area contributed by atoms with Gasteiger partial charge in [-0.25, -0.2) is 8.42 Å². The van der Waals surface area contributed by atoms with Crippen LogP contribution in [0.2, 0.25) is 0 Å². The van der Waals surface area contributed by atoms with Gasteiger partial charge < -0.3 is 15.4 Å². The Labute approximate surface area is 192 Å². The second-order valence-corrected chi connectivity index (χ2v) is 9.31. The molecule has 0 spiro atoms. The van der Waals surface area contributed by atoms with Gasteiger partial charge in [0.2, 0.25) is 5.91 Å². The van der Waals surface area contributed by atoms with Crippen LogP contribution in [-0.4, -0.2) is 27.3 Å². The Balaban J connectivity index is 1.43. The Morgan fingerprint density at radius 3 is 2.21 bits per heavy atom. The van der Waals surface area contributed by atoms with Crippen LogP contribution in [0.1, 0.15) is 23.2 Å². The van der Waals surface area contributed by atoms with Crippen LogP contribution >= 0.6 is 0 Å². The highest BCUT2D eigenvalue weighted by Gasteiger charge is 2.29. The van der Waals surface area contributed by atoms with Crippen molar-refractivity contribution in [3.05, 3.63) is 78.4 Å². The number of benzene rings is 3. The molecule has 0 saturated heterocycles. The molecule has 3 N–H and O–H groups in total. The number of ether oxygens (including phenoxy) is 1. The Morgan fingerprint density at radius 1 is 0.879 bits per heavy atom.